The van der Waals surface area contributed by atoms with Gasteiger partial charge in [-0.1, -0.05) is 6.07 Å². The predicted molar refractivity (Wildman–Crippen MR) is 71.2 cm³/mol. The van der Waals surface area contributed by atoms with Crippen LogP contribution in [-0.4, -0.2) is 10.8 Å². The van der Waals surface area contributed by atoms with E-state index in [0.717, 1.165) is 10.5 Å². The van der Waals surface area contributed by atoms with Crippen LogP contribution in [0.25, 0.3) is 0 Å². The van der Waals surface area contributed by atoms with E-state index in [2.05, 4.69) is 4.98 Å². The maximum Gasteiger partial charge on any atom is 0.141 e. The lowest BCUT2D eigenvalue weighted by atomic mass is 10.2. The molecule has 0 saturated heterocycles. The third kappa shape index (κ3) is 3.30. The molecule has 0 fully saturated rings. The van der Waals surface area contributed by atoms with Crippen LogP contribution in [-0.2, 0) is 5.75 Å². The second-order valence-electron chi connectivity index (χ2n) is 3.71. The number of amidine groups is 1. The van der Waals surface area contributed by atoms with Gasteiger partial charge in [0.1, 0.15) is 17.3 Å². The number of hydrogen-bond acceptors (Lipinski definition) is 3. The zero-order chi connectivity index (χ0) is 13.0. The summed E-state index contributed by atoms with van der Waals surface area (Å²) in [5, 5.41) is 7.32. The molecule has 0 amide bonds. The number of thioether (sulfide) groups is 1. The molecule has 0 unspecified atom stereocenters. The molecule has 1 heterocycles. The minimum Gasteiger partial charge on any atom is -0.382 e. The van der Waals surface area contributed by atoms with Crippen LogP contribution in [0.15, 0.2) is 47.5 Å². The maximum atomic E-state index is 13.0. The van der Waals surface area contributed by atoms with Crippen LogP contribution in [0.1, 0.15) is 11.3 Å². The Morgan fingerprint density at radius 1 is 1.33 bits per heavy atom. The van der Waals surface area contributed by atoms with E-state index in [1.54, 1.807) is 18.3 Å². The summed E-state index contributed by atoms with van der Waals surface area (Å²) in [6, 6.07) is 10.1. The van der Waals surface area contributed by atoms with Gasteiger partial charge in [-0.3, -0.25) is 10.4 Å². The Hall–Kier alpha value is -1.88. The molecule has 0 aliphatic rings. The number of halogens is 1. The van der Waals surface area contributed by atoms with Crippen molar-refractivity contribution in [1.29, 1.82) is 5.41 Å². The lowest BCUT2D eigenvalue weighted by molar-refractivity contribution is 0.624. The van der Waals surface area contributed by atoms with Gasteiger partial charge >= 0.3 is 0 Å². The Kier molecular flexibility index (Phi) is 3.94. The Labute approximate surface area is 109 Å². The summed E-state index contributed by atoms with van der Waals surface area (Å²) in [7, 11) is 0. The van der Waals surface area contributed by atoms with E-state index < -0.39 is 0 Å². The molecule has 3 nitrogen and oxygen atoms in total. The van der Waals surface area contributed by atoms with Gasteiger partial charge in [-0.2, -0.15) is 0 Å². The average molecular weight is 261 g/mol. The number of nitrogens with zero attached hydrogens (tertiary/aromatic N) is 1. The van der Waals surface area contributed by atoms with Crippen molar-refractivity contribution in [2.24, 2.45) is 5.73 Å². The quantitative estimate of drug-likeness (QED) is 0.505. The van der Waals surface area contributed by atoms with Crippen LogP contribution in [0, 0.1) is 11.2 Å². The number of nitrogens with one attached hydrogen (secondary N) is 1. The molecule has 3 N–H and O–H groups in total. The summed E-state index contributed by atoms with van der Waals surface area (Å²) in [5.41, 5.74) is 6.84. The average Bonchev–Trinajstić information content (AvgIpc) is 2.37. The molecular weight excluding hydrogens is 249 g/mol. The molecule has 0 spiro atoms. The van der Waals surface area contributed by atoms with Crippen LogP contribution in [0.4, 0.5) is 4.39 Å². The summed E-state index contributed by atoms with van der Waals surface area (Å²) in [5.74, 6) is 0.401. The normalized spacial score (nSPS) is 10.3. The van der Waals surface area contributed by atoms with Gasteiger partial charge in [-0.05, 0) is 35.9 Å². The van der Waals surface area contributed by atoms with Crippen molar-refractivity contribution < 1.29 is 4.39 Å². The van der Waals surface area contributed by atoms with E-state index in [9.17, 15) is 4.39 Å². The van der Waals surface area contributed by atoms with E-state index in [4.69, 9.17) is 11.1 Å². The highest BCUT2D eigenvalue weighted by atomic mass is 32.2. The van der Waals surface area contributed by atoms with Crippen LogP contribution < -0.4 is 5.73 Å². The van der Waals surface area contributed by atoms with Crippen LogP contribution >= 0.6 is 11.8 Å². The number of aromatic nitrogens is 1. The molecule has 2 aromatic rings. The molecule has 5 heteroatoms. The summed E-state index contributed by atoms with van der Waals surface area (Å²) >= 11 is 1.53. The Balaban J connectivity index is 2.06. The lowest BCUT2D eigenvalue weighted by Crippen LogP contribution is -2.13. The van der Waals surface area contributed by atoms with Gasteiger partial charge in [0.05, 0.1) is 0 Å². The van der Waals surface area contributed by atoms with E-state index in [-0.39, 0.29) is 11.7 Å². The zero-order valence-corrected chi connectivity index (χ0v) is 10.4. The first-order valence-electron chi connectivity index (χ1n) is 5.33. The topological polar surface area (TPSA) is 62.8 Å². The van der Waals surface area contributed by atoms with Gasteiger partial charge in [-0.25, -0.2) is 4.39 Å². The molecule has 92 valence electrons. The monoisotopic (exact) mass is 261 g/mol. The first kappa shape index (κ1) is 12.6. The molecule has 0 radical (unpaired) electrons. The van der Waals surface area contributed by atoms with Crippen molar-refractivity contribution in [3.05, 3.63) is 59.7 Å². The maximum absolute atomic E-state index is 13.0. The lowest BCUT2D eigenvalue weighted by Gasteiger charge is -2.04. The largest absolute Gasteiger partial charge is 0.382 e. The summed E-state index contributed by atoms with van der Waals surface area (Å²) < 4.78 is 13.0. The minimum absolute atomic E-state index is 0.0485. The minimum atomic E-state index is -0.237. The molecule has 18 heavy (non-hydrogen) atoms. The van der Waals surface area contributed by atoms with Gasteiger partial charge in [0.15, 0.2) is 0 Å². The van der Waals surface area contributed by atoms with Crippen LogP contribution in [0.3, 0.4) is 0 Å². The Bertz CT molecular complexity index is 572. The van der Waals surface area contributed by atoms with Gasteiger partial charge < -0.3 is 5.73 Å². The molecular formula is C13H12FN3S. The van der Waals surface area contributed by atoms with Crippen molar-refractivity contribution in [1.82, 2.24) is 4.98 Å². The second kappa shape index (κ2) is 5.64. The van der Waals surface area contributed by atoms with E-state index in [0.29, 0.717) is 11.4 Å². The van der Waals surface area contributed by atoms with Crippen molar-refractivity contribution in [2.75, 3.05) is 0 Å². The number of pyridine rings is 1. The molecule has 0 aliphatic heterocycles. The molecule has 0 atom stereocenters. The van der Waals surface area contributed by atoms with Crippen LogP contribution in [0.2, 0.25) is 0 Å². The highest BCUT2D eigenvalue weighted by molar-refractivity contribution is 7.98. The highest BCUT2D eigenvalue weighted by Gasteiger charge is 2.02. The first-order valence-corrected chi connectivity index (χ1v) is 6.31. The third-order valence-corrected chi connectivity index (χ3v) is 3.37. The molecule has 0 bridgehead atoms. The van der Waals surface area contributed by atoms with Crippen molar-refractivity contribution >= 4 is 17.6 Å². The van der Waals surface area contributed by atoms with Gasteiger partial charge in [0.25, 0.3) is 0 Å². The van der Waals surface area contributed by atoms with Gasteiger partial charge in [0.2, 0.25) is 0 Å². The van der Waals surface area contributed by atoms with Crippen molar-refractivity contribution in [2.45, 2.75) is 10.6 Å². The third-order valence-electron chi connectivity index (χ3n) is 2.30. The molecule has 0 saturated carbocycles. The number of nitrogens with two attached hydrogens (primary N) is 1. The number of rotatable bonds is 4. The summed E-state index contributed by atoms with van der Waals surface area (Å²) in [4.78, 5) is 4.86. The van der Waals surface area contributed by atoms with Crippen molar-refractivity contribution in [3.8, 4) is 0 Å². The summed E-state index contributed by atoms with van der Waals surface area (Å²) in [6.45, 7) is 0. The van der Waals surface area contributed by atoms with Crippen LogP contribution in [0.5, 0.6) is 0 Å². The highest BCUT2D eigenvalue weighted by Crippen LogP contribution is 2.23. The predicted octanol–water partition coefficient (Wildman–Crippen LogP) is 2.80. The van der Waals surface area contributed by atoms with E-state index in [1.165, 1.54) is 23.9 Å². The number of nitrogen functional groups attached to an aromatic ring is 1. The molecule has 0 aliphatic carbocycles. The van der Waals surface area contributed by atoms with E-state index in [1.807, 2.05) is 12.1 Å². The fourth-order valence-electron chi connectivity index (χ4n) is 1.43. The van der Waals surface area contributed by atoms with Crippen molar-refractivity contribution in [3.63, 3.8) is 0 Å². The standard InChI is InChI=1S/C13H12FN3S/c14-10-2-1-3-11(7-10)18-8-9-4-5-17-12(6-9)13(15)16/h1-7H,8H2,(H3,15,16). The smallest absolute Gasteiger partial charge is 0.141 e. The second-order valence-corrected chi connectivity index (χ2v) is 4.76. The Morgan fingerprint density at radius 3 is 2.89 bits per heavy atom. The zero-order valence-electron chi connectivity index (χ0n) is 9.56. The summed E-state index contributed by atoms with van der Waals surface area (Å²) in [6.07, 6.45) is 1.62. The fraction of sp³-hybridized carbons (Fsp3) is 0.0769. The molecule has 1 aromatic heterocycles. The first-order chi connectivity index (χ1) is 8.65. The van der Waals surface area contributed by atoms with Gasteiger partial charge in [0, 0.05) is 16.8 Å². The Morgan fingerprint density at radius 2 is 2.17 bits per heavy atom. The molecule has 1 aromatic carbocycles. The number of hydrogen-bond donors (Lipinski definition) is 2. The molecule has 2 rings (SSSR count). The fourth-order valence-corrected chi connectivity index (χ4v) is 2.32. The van der Waals surface area contributed by atoms with E-state index >= 15 is 0 Å². The number of benzene rings is 1. The SMILES string of the molecule is N=C(N)c1cc(CSc2cccc(F)c2)ccn1. The van der Waals surface area contributed by atoms with Gasteiger partial charge in [-0.15, -0.1) is 11.8 Å².